The molecule has 0 unspecified atom stereocenters. The number of ether oxygens (including phenoxy) is 1. The van der Waals surface area contributed by atoms with Gasteiger partial charge >= 0.3 is 5.76 Å². The molecule has 0 saturated heterocycles. The van der Waals surface area contributed by atoms with E-state index in [0.29, 0.717) is 18.5 Å². The van der Waals surface area contributed by atoms with Crippen molar-refractivity contribution in [3.8, 4) is 5.75 Å². The topological polar surface area (TPSA) is 90.5 Å². The van der Waals surface area contributed by atoms with E-state index >= 15 is 0 Å². The molecule has 0 aliphatic rings. The maximum absolute atomic E-state index is 12.4. The summed E-state index contributed by atoms with van der Waals surface area (Å²) in [6.07, 6.45) is 2.45. The Balaban J connectivity index is 1.54. The Labute approximate surface area is 157 Å². The predicted molar refractivity (Wildman–Crippen MR) is 103 cm³/mol. The summed E-state index contributed by atoms with van der Waals surface area (Å²) in [6.45, 7) is 0.343. The van der Waals surface area contributed by atoms with Gasteiger partial charge in [0.2, 0.25) is 10.0 Å². The lowest BCUT2D eigenvalue weighted by Gasteiger charge is -2.07. The van der Waals surface area contributed by atoms with Crippen LogP contribution in [0.5, 0.6) is 5.75 Å². The van der Waals surface area contributed by atoms with Gasteiger partial charge in [-0.05, 0) is 49.1 Å². The van der Waals surface area contributed by atoms with Crippen molar-refractivity contribution >= 4 is 21.1 Å². The molecular formula is C19H22N2O5S. The molecular weight excluding hydrogens is 368 g/mol. The summed E-state index contributed by atoms with van der Waals surface area (Å²) < 4.78 is 38.9. The lowest BCUT2D eigenvalue weighted by atomic mass is 10.1. The molecule has 0 aliphatic heterocycles. The van der Waals surface area contributed by atoms with Crippen molar-refractivity contribution in [3.05, 3.63) is 58.6 Å². The summed E-state index contributed by atoms with van der Waals surface area (Å²) >= 11 is 0. The van der Waals surface area contributed by atoms with Crippen LogP contribution >= 0.6 is 0 Å². The number of sulfonamides is 1. The maximum atomic E-state index is 12.4. The summed E-state index contributed by atoms with van der Waals surface area (Å²) in [5, 5.41) is 0. The first-order valence-electron chi connectivity index (χ1n) is 8.63. The third-order valence-electron chi connectivity index (χ3n) is 4.42. The quantitative estimate of drug-likeness (QED) is 0.597. The number of nitrogens with zero attached hydrogens (tertiary/aromatic N) is 1. The first-order chi connectivity index (χ1) is 12.9. The third-order valence-corrected chi connectivity index (χ3v) is 5.88. The molecule has 7 nitrogen and oxygen atoms in total. The van der Waals surface area contributed by atoms with Gasteiger partial charge in [0.25, 0.3) is 0 Å². The van der Waals surface area contributed by atoms with E-state index in [4.69, 9.17) is 9.15 Å². The summed E-state index contributed by atoms with van der Waals surface area (Å²) in [6, 6.07) is 12.2. The molecule has 0 atom stereocenters. The first kappa shape index (κ1) is 19.2. The molecule has 3 aromatic rings. The second-order valence-electron chi connectivity index (χ2n) is 6.26. The normalized spacial score (nSPS) is 11.8. The number of methoxy groups -OCH3 is 1. The van der Waals surface area contributed by atoms with Crippen molar-refractivity contribution in [2.75, 3.05) is 13.7 Å². The Bertz CT molecular complexity index is 1080. The van der Waals surface area contributed by atoms with Gasteiger partial charge in [-0.2, -0.15) is 0 Å². The Hall–Kier alpha value is -2.58. The first-order valence-corrected chi connectivity index (χ1v) is 10.1. The van der Waals surface area contributed by atoms with Gasteiger partial charge in [-0.1, -0.05) is 12.1 Å². The van der Waals surface area contributed by atoms with E-state index in [1.165, 1.54) is 22.3 Å². The van der Waals surface area contributed by atoms with Crippen LogP contribution in [0.1, 0.15) is 18.4 Å². The zero-order chi connectivity index (χ0) is 19.4. The van der Waals surface area contributed by atoms with Gasteiger partial charge in [-0.25, -0.2) is 17.9 Å². The zero-order valence-corrected chi connectivity index (χ0v) is 16.1. The molecule has 0 aliphatic carbocycles. The van der Waals surface area contributed by atoms with E-state index in [1.807, 2.05) is 24.3 Å². The third kappa shape index (κ3) is 4.40. The standard InChI is InChI=1S/C19H22N2O5S/c1-21-17-11-10-16(13-18(17)26-19(21)22)27(23,24)20-12-4-3-5-14-6-8-15(25-2)9-7-14/h6-11,13,20H,3-5,12H2,1-2H3. The average molecular weight is 390 g/mol. The number of benzene rings is 2. The fourth-order valence-electron chi connectivity index (χ4n) is 2.82. The number of rotatable bonds is 8. The molecule has 2 aromatic carbocycles. The lowest BCUT2D eigenvalue weighted by molar-refractivity contribution is 0.414. The molecule has 144 valence electrons. The highest BCUT2D eigenvalue weighted by atomic mass is 32.2. The van der Waals surface area contributed by atoms with Gasteiger partial charge in [0.1, 0.15) is 5.75 Å². The fourth-order valence-corrected chi connectivity index (χ4v) is 3.91. The van der Waals surface area contributed by atoms with E-state index in [-0.39, 0.29) is 10.5 Å². The Morgan fingerprint density at radius 1 is 1.11 bits per heavy atom. The minimum Gasteiger partial charge on any atom is -0.497 e. The molecule has 8 heteroatoms. The summed E-state index contributed by atoms with van der Waals surface area (Å²) in [5.41, 5.74) is 1.99. The van der Waals surface area contributed by atoms with Crippen LogP contribution in [0.25, 0.3) is 11.1 Å². The second kappa shape index (κ2) is 7.98. The highest BCUT2D eigenvalue weighted by Gasteiger charge is 2.16. The van der Waals surface area contributed by atoms with Crippen LogP contribution in [0.4, 0.5) is 0 Å². The van der Waals surface area contributed by atoms with E-state index in [0.717, 1.165) is 18.6 Å². The molecule has 1 N–H and O–H groups in total. The largest absolute Gasteiger partial charge is 0.497 e. The van der Waals surface area contributed by atoms with Crippen molar-refractivity contribution < 1.29 is 17.6 Å². The van der Waals surface area contributed by atoms with Crippen LogP contribution in [0, 0.1) is 0 Å². The van der Waals surface area contributed by atoms with Crippen LogP contribution < -0.4 is 15.2 Å². The van der Waals surface area contributed by atoms with Crippen LogP contribution in [0.2, 0.25) is 0 Å². The summed E-state index contributed by atoms with van der Waals surface area (Å²) in [4.78, 5) is 11.6. The highest BCUT2D eigenvalue weighted by molar-refractivity contribution is 7.89. The molecule has 27 heavy (non-hydrogen) atoms. The number of fused-ring (bicyclic) bond motifs is 1. The van der Waals surface area contributed by atoms with E-state index in [2.05, 4.69) is 4.72 Å². The monoisotopic (exact) mass is 390 g/mol. The van der Waals surface area contributed by atoms with E-state index in [9.17, 15) is 13.2 Å². The molecule has 1 aromatic heterocycles. The van der Waals surface area contributed by atoms with Gasteiger partial charge in [0.05, 0.1) is 17.5 Å². The van der Waals surface area contributed by atoms with Gasteiger partial charge in [-0.3, -0.25) is 4.57 Å². The van der Waals surface area contributed by atoms with Gasteiger partial charge in [-0.15, -0.1) is 0 Å². The molecule has 0 spiro atoms. The average Bonchev–Trinajstić information content (AvgIpc) is 2.95. The molecule has 0 saturated carbocycles. The van der Waals surface area contributed by atoms with E-state index in [1.54, 1.807) is 20.2 Å². The Morgan fingerprint density at radius 2 is 1.85 bits per heavy atom. The summed E-state index contributed by atoms with van der Waals surface area (Å²) in [5.74, 6) is 0.295. The predicted octanol–water partition coefficient (Wildman–Crippen LogP) is 2.44. The van der Waals surface area contributed by atoms with Crippen molar-refractivity contribution in [1.29, 1.82) is 0 Å². The smallest absolute Gasteiger partial charge is 0.419 e. The van der Waals surface area contributed by atoms with Crippen LogP contribution in [0.15, 0.2) is 56.6 Å². The lowest BCUT2D eigenvalue weighted by Crippen LogP contribution is -2.24. The number of aromatic nitrogens is 1. The Morgan fingerprint density at radius 3 is 2.56 bits per heavy atom. The fraction of sp³-hybridized carbons (Fsp3) is 0.316. The molecule has 1 heterocycles. The zero-order valence-electron chi connectivity index (χ0n) is 15.3. The van der Waals surface area contributed by atoms with Gasteiger partial charge in [0, 0.05) is 19.7 Å². The van der Waals surface area contributed by atoms with Crippen molar-refractivity contribution in [3.63, 3.8) is 0 Å². The van der Waals surface area contributed by atoms with Crippen LogP contribution in [0.3, 0.4) is 0 Å². The second-order valence-corrected chi connectivity index (χ2v) is 8.03. The minimum absolute atomic E-state index is 0.0829. The highest BCUT2D eigenvalue weighted by Crippen LogP contribution is 2.18. The van der Waals surface area contributed by atoms with Crippen molar-refractivity contribution in [2.24, 2.45) is 7.05 Å². The van der Waals surface area contributed by atoms with Crippen LogP contribution in [-0.2, 0) is 23.5 Å². The van der Waals surface area contributed by atoms with E-state index < -0.39 is 15.8 Å². The van der Waals surface area contributed by atoms with Crippen LogP contribution in [-0.4, -0.2) is 26.6 Å². The maximum Gasteiger partial charge on any atom is 0.419 e. The number of hydrogen-bond donors (Lipinski definition) is 1. The van der Waals surface area contributed by atoms with Gasteiger partial charge in [0.15, 0.2) is 5.58 Å². The number of aryl methyl sites for hydroxylation is 2. The number of oxazole rings is 1. The molecule has 0 fully saturated rings. The van der Waals surface area contributed by atoms with Gasteiger partial charge < -0.3 is 9.15 Å². The number of hydrogen-bond acceptors (Lipinski definition) is 5. The molecule has 0 amide bonds. The summed E-state index contributed by atoms with van der Waals surface area (Å²) in [7, 11) is -0.445. The Kier molecular flexibility index (Phi) is 5.67. The van der Waals surface area contributed by atoms with Crippen molar-refractivity contribution in [2.45, 2.75) is 24.2 Å². The van der Waals surface area contributed by atoms with Crippen molar-refractivity contribution in [1.82, 2.24) is 9.29 Å². The molecule has 0 bridgehead atoms. The SMILES string of the molecule is COc1ccc(CCCCNS(=O)(=O)c2ccc3c(c2)oc(=O)n3C)cc1. The molecule has 0 radical (unpaired) electrons. The molecule has 3 rings (SSSR count). The number of unbranched alkanes of at least 4 members (excludes halogenated alkanes) is 1. The number of nitrogens with one attached hydrogen (secondary N) is 1. The minimum atomic E-state index is -3.65.